The minimum atomic E-state index is -1.22. The second-order valence-electron chi connectivity index (χ2n) is 5.07. The molecular weight excluding hydrogens is 296 g/mol. The zero-order chi connectivity index (χ0) is 14.4. The van der Waals surface area contributed by atoms with Crippen LogP contribution in [0.1, 0.15) is 26.2 Å². The fourth-order valence-corrected chi connectivity index (χ4v) is 3.64. The van der Waals surface area contributed by atoms with Crippen molar-refractivity contribution < 1.29 is 13.7 Å². The lowest BCUT2D eigenvalue weighted by Crippen LogP contribution is -2.28. The normalized spacial score (nSPS) is 24.0. The van der Waals surface area contributed by atoms with Crippen LogP contribution < -0.4 is 0 Å². The maximum atomic E-state index is 12.3. The lowest BCUT2D eigenvalue weighted by Gasteiger charge is -2.25. The number of ether oxygens (including phenoxy) is 2. The lowest BCUT2D eigenvalue weighted by atomic mass is 10.2. The molecule has 0 aromatic heterocycles. The van der Waals surface area contributed by atoms with Gasteiger partial charge in [-0.05, 0) is 31.4 Å². The van der Waals surface area contributed by atoms with E-state index in [1.54, 1.807) is 0 Å². The van der Waals surface area contributed by atoms with Crippen LogP contribution in [0.5, 0.6) is 0 Å². The lowest BCUT2D eigenvalue weighted by molar-refractivity contribution is -0.167. The Morgan fingerprint density at radius 3 is 2.80 bits per heavy atom. The molecule has 112 valence electrons. The predicted molar refractivity (Wildman–Crippen MR) is 81.2 cm³/mol. The minimum Gasteiger partial charge on any atom is -0.353 e. The molecule has 4 unspecified atom stereocenters. The summed E-state index contributed by atoms with van der Waals surface area (Å²) >= 11 is 6.31. The Labute approximate surface area is 128 Å². The van der Waals surface area contributed by atoms with Crippen LogP contribution in [0.25, 0.3) is 0 Å². The minimum absolute atomic E-state index is 0.00299. The summed E-state index contributed by atoms with van der Waals surface area (Å²) in [6.07, 6.45) is 3.05. The van der Waals surface area contributed by atoms with Crippen molar-refractivity contribution in [3.63, 3.8) is 0 Å². The van der Waals surface area contributed by atoms with Gasteiger partial charge in [-0.3, -0.25) is 4.21 Å². The van der Waals surface area contributed by atoms with Crippen LogP contribution in [0.2, 0.25) is 0 Å². The molecule has 20 heavy (non-hydrogen) atoms. The van der Waals surface area contributed by atoms with Crippen molar-refractivity contribution in [2.75, 3.05) is 13.2 Å². The first kappa shape index (κ1) is 16.0. The summed E-state index contributed by atoms with van der Waals surface area (Å²) in [5, 5.41) is 0. The smallest absolute Gasteiger partial charge is 0.157 e. The van der Waals surface area contributed by atoms with Gasteiger partial charge in [0.15, 0.2) is 6.29 Å². The molecule has 0 radical (unpaired) electrons. The maximum absolute atomic E-state index is 12.3. The van der Waals surface area contributed by atoms with Gasteiger partial charge in [0.05, 0.1) is 17.4 Å². The Hall–Kier alpha value is -0.420. The summed E-state index contributed by atoms with van der Waals surface area (Å²) in [6, 6.07) is 9.31. The van der Waals surface area contributed by atoms with E-state index in [0.29, 0.717) is 6.61 Å². The van der Waals surface area contributed by atoms with E-state index in [1.807, 2.05) is 37.3 Å². The predicted octanol–water partition coefficient (Wildman–Crippen LogP) is 3.54. The van der Waals surface area contributed by atoms with Gasteiger partial charge in [0, 0.05) is 17.4 Å². The Morgan fingerprint density at radius 2 is 2.15 bits per heavy atom. The Kier molecular flexibility index (Phi) is 6.49. The molecule has 0 spiro atoms. The van der Waals surface area contributed by atoms with Crippen LogP contribution in [0.4, 0.5) is 0 Å². The fourth-order valence-electron chi connectivity index (χ4n) is 2.07. The molecule has 0 bridgehead atoms. The average molecular weight is 317 g/mol. The van der Waals surface area contributed by atoms with Crippen molar-refractivity contribution in [3.8, 4) is 0 Å². The van der Waals surface area contributed by atoms with Crippen LogP contribution in [0.3, 0.4) is 0 Å². The molecule has 0 saturated carbocycles. The van der Waals surface area contributed by atoms with Crippen molar-refractivity contribution >= 4 is 22.4 Å². The Morgan fingerprint density at radius 1 is 1.40 bits per heavy atom. The SMILES string of the molecule is CC(COC1CCCCO1)C(Cl)S(=O)c1ccccc1. The van der Waals surface area contributed by atoms with Crippen LogP contribution in [-0.2, 0) is 20.3 Å². The third-order valence-corrected chi connectivity index (χ3v) is 5.84. The Balaban J connectivity index is 1.82. The molecular formula is C15H21ClO3S. The van der Waals surface area contributed by atoms with Crippen molar-refractivity contribution in [1.82, 2.24) is 0 Å². The molecule has 1 heterocycles. The highest BCUT2D eigenvalue weighted by molar-refractivity contribution is 7.87. The molecule has 4 atom stereocenters. The van der Waals surface area contributed by atoms with Crippen LogP contribution in [0.15, 0.2) is 35.2 Å². The zero-order valence-corrected chi connectivity index (χ0v) is 13.2. The van der Waals surface area contributed by atoms with E-state index in [1.165, 1.54) is 0 Å². The molecule has 2 rings (SSSR count). The van der Waals surface area contributed by atoms with E-state index < -0.39 is 15.5 Å². The van der Waals surface area contributed by atoms with Crippen LogP contribution >= 0.6 is 11.6 Å². The van der Waals surface area contributed by atoms with Gasteiger partial charge in [0.1, 0.15) is 4.71 Å². The molecule has 5 heteroatoms. The van der Waals surface area contributed by atoms with Gasteiger partial charge in [0.2, 0.25) is 0 Å². The number of rotatable bonds is 6. The van der Waals surface area contributed by atoms with Gasteiger partial charge < -0.3 is 9.47 Å². The van der Waals surface area contributed by atoms with Crippen LogP contribution in [0, 0.1) is 5.92 Å². The average Bonchev–Trinajstić information content (AvgIpc) is 2.53. The standard InChI is InChI=1S/C15H21ClO3S/c1-12(11-19-14-9-5-6-10-18-14)15(16)20(17)13-7-3-2-4-8-13/h2-4,7-8,12,14-15H,5-6,9-11H2,1H3. The second kappa shape index (κ2) is 8.13. The molecule has 0 N–H and O–H groups in total. The highest BCUT2D eigenvalue weighted by Crippen LogP contribution is 2.22. The largest absolute Gasteiger partial charge is 0.353 e. The first-order valence-electron chi connectivity index (χ1n) is 7.01. The number of hydrogen-bond acceptors (Lipinski definition) is 3. The van der Waals surface area contributed by atoms with Gasteiger partial charge in [-0.1, -0.05) is 25.1 Å². The molecule has 1 fully saturated rings. The third-order valence-electron chi connectivity index (χ3n) is 3.31. The zero-order valence-electron chi connectivity index (χ0n) is 11.7. The summed E-state index contributed by atoms with van der Waals surface area (Å²) < 4.78 is 23.1. The van der Waals surface area contributed by atoms with E-state index in [9.17, 15) is 4.21 Å². The van der Waals surface area contributed by atoms with Gasteiger partial charge in [-0.15, -0.1) is 11.6 Å². The molecule has 3 nitrogen and oxygen atoms in total. The van der Waals surface area contributed by atoms with E-state index in [2.05, 4.69) is 0 Å². The first-order valence-corrected chi connectivity index (χ1v) is 8.66. The van der Waals surface area contributed by atoms with Crippen molar-refractivity contribution in [2.24, 2.45) is 5.92 Å². The number of halogens is 1. The van der Waals surface area contributed by atoms with Crippen LogP contribution in [-0.4, -0.2) is 28.4 Å². The molecule has 1 aromatic rings. The molecule has 1 saturated heterocycles. The molecule has 1 aliphatic rings. The summed E-state index contributed by atoms with van der Waals surface area (Å²) in [4.78, 5) is 0.758. The molecule has 1 aliphatic heterocycles. The van der Waals surface area contributed by atoms with Gasteiger partial charge in [-0.25, -0.2) is 0 Å². The number of alkyl halides is 1. The summed E-state index contributed by atoms with van der Waals surface area (Å²) in [7, 11) is -1.22. The summed E-state index contributed by atoms with van der Waals surface area (Å²) in [6.45, 7) is 3.19. The summed E-state index contributed by atoms with van der Waals surface area (Å²) in [5.41, 5.74) is 0. The van der Waals surface area contributed by atoms with Gasteiger partial charge >= 0.3 is 0 Å². The highest BCUT2D eigenvalue weighted by Gasteiger charge is 2.24. The van der Waals surface area contributed by atoms with E-state index in [-0.39, 0.29) is 12.2 Å². The molecule has 0 aliphatic carbocycles. The number of benzene rings is 1. The highest BCUT2D eigenvalue weighted by atomic mass is 35.5. The quantitative estimate of drug-likeness (QED) is 0.753. The summed E-state index contributed by atoms with van der Waals surface area (Å²) in [5.74, 6) is 0.00299. The van der Waals surface area contributed by atoms with Crippen molar-refractivity contribution in [1.29, 1.82) is 0 Å². The topological polar surface area (TPSA) is 35.5 Å². The monoisotopic (exact) mass is 316 g/mol. The van der Waals surface area contributed by atoms with E-state index in [4.69, 9.17) is 21.1 Å². The fraction of sp³-hybridized carbons (Fsp3) is 0.600. The third kappa shape index (κ3) is 4.55. The molecule has 0 amide bonds. The maximum Gasteiger partial charge on any atom is 0.157 e. The Bertz CT molecular complexity index is 420. The first-order chi connectivity index (χ1) is 9.68. The second-order valence-corrected chi connectivity index (χ2v) is 7.37. The van der Waals surface area contributed by atoms with Crippen molar-refractivity contribution in [3.05, 3.63) is 30.3 Å². The molecule has 1 aromatic carbocycles. The number of hydrogen-bond donors (Lipinski definition) is 0. The van der Waals surface area contributed by atoms with Gasteiger partial charge in [-0.2, -0.15) is 0 Å². The van der Waals surface area contributed by atoms with E-state index in [0.717, 1.165) is 30.8 Å². The van der Waals surface area contributed by atoms with E-state index >= 15 is 0 Å². The van der Waals surface area contributed by atoms with Crippen molar-refractivity contribution in [2.45, 2.75) is 42.1 Å². The van der Waals surface area contributed by atoms with Gasteiger partial charge in [0.25, 0.3) is 0 Å².